The Labute approximate surface area is 255 Å². The Hall–Kier alpha value is -5.22. The molecule has 2 aliphatic heterocycles. The lowest BCUT2D eigenvalue weighted by Crippen LogP contribution is -2.44. The number of amides is 1. The summed E-state index contributed by atoms with van der Waals surface area (Å²) < 4.78 is 16.9. The van der Waals surface area contributed by atoms with Crippen molar-refractivity contribution in [2.75, 3.05) is 63.6 Å². The number of piperidine rings is 1. The van der Waals surface area contributed by atoms with Crippen LogP contribution >= 0.6 is 0 Å². The van der Waals surface area contributed by atoms with Gasteiger partial charge in [0.1, 0.15) is 29.4 Å². The number of benzene rings is 1. The van der Waals surface area contributed by atoms with E-state index in [1.165, 1.54) is 12.6 Å². The SMILES string of the molecule is COc1nc(Nc2nccc(-c3ccc(OC4CCN(C(=O)c5cnco5)CC4)c(C#N)c3)n2)ccc1N1CCN(C)CC1. The number of anilines is 3. The molecule has 0 radical (unpaired) electrons. The number of nitrogens with one attached hydrogen (secondary N) is 1. The van der Waals surface area contributed by atoms with Crippen LogP contribution in [0.3, 0.4) is 0 Å². The van der Waals surface area contributed by atoms with Crippen LogP contribution in [-0.2, 0) is 0 Å². The van der Waals surface area contributed by atoms with Crippen molar-refractivity contribution < 1.29 is 18.7 Å². The highest BCUT2D eigenvalue weighted by Crippen LogP contribution is 2.31. The van der Waals surface area contributed by atoms with Gasteiger partial charge >= 0.3 is 0 Å². The summed E-state index contributed by atoms with van der Waals surface area (Å²) in [6, 6.07) is 13.3. The number of piperazine rings is 1. The standard InChI is InChI=1S/C31H33N9O4/c1-38-13-15-39(16-14-38)25-4-6-28(36-29(25)42-2)37-31-34-10-7-24(35-31)21-3-5-26(22(17-21)18-32)44-23-8-11-40(12-9-23)30(41)27-19-33-20-43-27/h3-7,10,17,19-20,23H,8-9,11-16H2,1-2H3,(H,34,35,36,37). The van der Waals surface area contributed by atoms with Crippen molar-refractivity contribution >= 4 is 23.4 Å². The van der Waals surface area contributed by atoms with Crippen molar-refractivity contribution in [2.45, 2.75) is 18.9 Å². The van der Waals surface area contributed by atoms with Crippen LogP contribution < -0.4 is 19.7 Å². The first-order chi connectivity index (χ1) is 21.5. The maximum atomic E-state index is 12.5. The Morgan fingerprint density at radius 2 is 1.89 bits per heavy atom. The predicted octanol–water partition coefficient (Wildman–Crippen LogP) is 3.59. The molecule has 13 nitrogen and oxygen atoms in total. The van der Waals surface area contributed by atoms with Gasteiger partial charge in [-0.2, -0.15) is 10.2 Å². The normalized spacial score (nSPS) is 15.9. The third-order valence-electron chi connectivity index (χ3n) is 7.83. The maximum absolute atomic E-state index is 12.5. The van der Waals surface area contributed by atoms with Crippen LogP contribution in [0, 0.1) is 11.3 Å². The number of ether oxygens (including phenoxy) is 2. The Kier molecular flexibility index (Phi) is 8.51. The molecule has 44 heavy (non-hydrogen) atoms. The van der Waals surface area contributed by atoms with Gasteiger partial charge < -0.3 is 33.9 Å². The monoisotopic (exact) mass is 595 g/mol. The fourth-order valence-electron chi connectivity index (χ4n) is 5.35. The lowest BCUT2D eigenvalue weighted by atomic mass is 10.1. The first-order valence-corrected chi connectivity index (χ1v) is 14.5. The van der Waals surface area contributed by atoms with Gasteiger partial charge in [-0.3, -0.25) is 4.79 Å². The number of carbonyl (C=O) groups is 1. The molecule has 0 unspecified atom stereocenters. The number of likely N-dealkylation sites (N-methyl/N-ethyl adjacent to an activating group) is 1. The van der Waals surface area contributed by atoms with Crippen LogP contribution in [0.1, 0.15) is 29.0 Å². The van der Waals surface area contributed by atoms with Crippen LogP contribution in [0.4, 0.5) is 17.5 Å². The van der Waals surface area contributed by atoms with E-state index in [9.17, 15) is 10.1 Å². The Morgan fingerprint density at radius 3 is 2.61 bits per heavy atom. The molecule has 3 aromatic heterocycles. The molecule has 13 heteroatoms. The quantitative estimate of drug-likeness (QED) is 0.318. The Morgan fingerprint density at radius 1 is 1.07 bits per heavy atom. The number of pyridine rings is 1. The van der Waals surface area contributed by atoms with Gasteiger partial charge in [0.2, 0.25) is 17.6 Å². The molecule has 1 aromatic carbocycles. The van der Waals surface area contributed by atoms with E-state index in [2.05, 4.69) is 48.2 Å². The average Bonchev–Trinajstić information content (AvgIpc) is 3.61. The van der Waals surface area contributed by atoms with E-state index < -0.39 is 0 Å². The lowest BCUT2D eigenvalue weighted by molar-refractivity contribution is 0.0566. The summed E-state index contributed by atoms with van der Waals surface area (Å²) in [6.07, 6.45) is 5.49. The highest BCUT2D eigenvalue weighted by molar-refractivity contribution is 5.91. The van der Waals surface area contributed by atoms with Gasteiger partial charge in [-0.05, 0) is 43.4 Å². The zero-order valence-electron chi connectivity index (χ0n) is 24.6. The summed E-state index contributed by atoms with van der Waals surface area (Å²) in [5.41, 5.74) is 2.76. The van der Waals surface area contributed by atoms with E-state index in [4.69, 9.17) is 13.9 Å². The minimum Gasteiger partial charge on any atom is -0.489 e. The highest BCUT2D eigenvalue weighted by Gasteiger charge is 2.27. The van der Waals surface area contributed by atoms with Gasteiger partial charge in [-0.15, -0.1) is 0 Å². The number of hydrogen-bond acceptors (Lipinski definition) is 12. The van der Waals surface area contributed by atoms with Gasteiger partial charge in [-0.25, -0.2) is 15.0 Å². The summed E-state index contributed by atoms with van der Waals surface area (Å²) in [7, 11) is 3.74. The summed E-state index contributed by atoms with van der Waals surface area (Å²) in [6.45, 7) is 4.84. The second kappa shape index (κ2) is 13.0. The molecule has 0 atom stereocenters. The van der Waals surface area contributed by atoms with Crippen LogP contribution in [0.15, 0.2) is 59.6 Å². The van der Waals surface area contributed by atoms with Crippen molar-refractivity contribution in [2.24, 2.45) is 0 Å². The molecular formula is C31H33N9O4. The van der Waals surface area contributed by atoms with Crippen molar-refractivity contribution in [3.63, 3.8) is 0 Å². The van der Waals surface area contributed by atoms with Gasteiger partial charge in [-0.1, -0.05) is 0 Å². The molecule has 5 heterocycles. The number of aromatic nitrogens is 4. The molecule has 4 aromatic rings. The van der Waals surface area contributed by atoms with Crippen molar-refractivity contribution in [1.29, 1.82) is 5.26 Å². The van der Waals surface area contributed by atoms with E-state index in [0.29, 0.717) is 60.6 Å². The summed E-state index contributed by atoms with van der Waals surface area (Å²) in [4.78, 5) is 36.3. The van der Waals surface area contributed by atoms with Crippen LogP contribution in [-0.4, -0.2) is 95.2 Å². The van der Waals surface area contributed by atoms with E-state index >= 15 is 0 Å². The van der Waals surface area contributed by atoms with Crippen molar-refractivity contribution in [3.8, 4) is 29.0 Å². The highest BCUT2D eigenvalue weighted by atomic mass is 16.5. The number of likely N-dealkylation sites (tertiary alicyclic amines) is 1. The van der Waals surface area contributed by atoms with E-state index in [-0.39, 0.29) is 17.8 Å². The molecule has 226 valence electrons. The average molecular weight is 596 g/mol. The van der Waals surface area contributed by atoms with Gasteiger partial charge in [0.15, 0.2) is 6.39 Å². The zero-order chi connectivity index (χ0) is 30.5. The van der Waals surface area contributed by atoms with Crippen LogP contribution in [0.2, 0.25) is 0 Å². The fraction of sp³-hybridized carbons (Fsp3) is 0.355. The maximum Gasteiger partial charge on any atom is 0.291 e. The number of carbonyl (C=O) groups excluding carboxylic acids is 1. The summed E-state index contributed by atoms with van der Waals surface area (Å²) in [5.74, 6) is 2.02. The number of oxazole rings is 1. The molecule has 6 rings (SSSR count). The molecular weight excluding hydrogens is 562 g/mol. The van der Waals surface area contributed by atoms with Crippen molar-refractivity contribution in [3.05, 3.63) is 66.5 Å². The third kappa shape index (κ3) is 6.40. The minimum absolute atomic E-state index is 0.117. The topological polar surface area (TPSA) is 146 Å². The Bertz CT molecular complexity index is 1640. The van der Waals surface area contributed by atoms with Gasteiger partial charge in [0, 0.05) is 63.9 Å². The molecule has 2 fully saturated rings. The van der Waals surface area contributed by atoms with E-state index in [1.54, 1.807) is 36.4 Å². The Balaban J connectivity index is 1.11. The van der Waals surface area contributed by atoms with Gasteiger partial charge in [0.05, 0.1) is 24.6 Å². The second-order valence-corrected chi connectivity index (χ2v) is 10.7. The number of rotatable bonds is 8. The summed E-state index contributed by atoms with van der Waals surface area (Å²) in [5, 5.41) is 13.1. The number of nitrogens with zero attached hydrogens (tertiary/aromatic N) is 8. The smallest absolute Gasteiger partial charge is 0.291 e. The lowest BCUT2D eigenvalue weighted by Gasteiger charge is -2.34. The molecule has 1 amide bonds. The zero-order valence-corrected chi connectivity index (χ0v) is 24.6. The first-order valence-electron chi connectivity index (χ1n) is 14.5. The third-order valence-corrected chi connectivity index (χ3v) is 7.83. The van der Waals surface area contributed by atoms with E-state index in [0.717, 1.165) is 37.4 Å². The molecule has 1 N–H and O–H groups in total. The molecule has 2 saturated heterocycles. The minimum atomic E-state index is -0.181. The molecule has 0 saturated carbocycles. The molecule has 0 bridgehead atoms. The van der Waals surface area contributed by atoms with Crippen LogP contribution in [0.5, 0.6) is 11.6 Å². The number of hydrogen-bond donors (Lipinski definition) is 1. The van der Waals surface area contributed by atoms with Crippen LogP contribution in [0.25, 0.3) is 11.3 Å². The molecule has 0 spiro atoms. The largest absolute Gasteiger partial charge is 0.489 e. The van der Waals surface area contributed by atoms with Crippen molar-refractivity contribution in [1.82, 2.24) is 29.7 Å². The second-order valence-electron chi connectivity index (χ2n) is 10.7. The van der Waals surface area contributed by atoms with E-state index in [1.807, 2.05) is 18.2 Å². The summed E-state index contributed by atoms with van der Waals surface area (Å²) >= 11 is 0. The first kappa shape index (κ1) is 28.9. The predicted molar refractivity (Wildman–Crippen MR) is 162 cm³/mol. The number of methoxy groups -OCH3 is 1. The molecule has 2 aliphatic rings. The molecule has 0 aliphatic carbocycles. The van der Waals surface area contributed by atoms with Gasteiger partial charge in [0.25, 0.3) is 5.91 Å². The number of nitriles is 1. The fourth-order valence-corrected chi connectivity index (χ4v) is 5.35.